The summed E-state index contributed by atoms with van der Waals surface area (Å²) < 4.78 is 7.25. The van der Waals surface area contributed by atoms with Crippen molar-refractivity contribution in [2.24, 2.45) is 11.8 Å². The van der Waals surface area contributed by atoms with E-state index in [1.54, 1.807) is 0 Å². The van der Waals surface area contributed by atoms with Crippen LogP contribution in [-0.4, -0.2) is 25.6 Å². The molecule has 1 N–H and O–H groups in total. The first kappa shape index (κ1) is 18.0. The first-order valence-corrected chi connectivity index (χ1v) is 11.8. The average molecular weight is 367 g/mol. The number of hydrogen-bond donors (Lipinski definition) is 1. The second-order valence-corrected chi connectivity index (χ2v) is 13.4. The SMILES string of the molecule is CC(C)(C)[Si](O[C@H]1C[C@H]2C[C@@H]1C[C@@H]2O)(c1ccccc1)c1ccccc1. The van der Waals surface area contributed by atoms with Gasteiger partial charge in [0.05, 0.1) is 6.10 Å². The Hall–Kier alpha value is -1.42. The van der Waals surface area contributed by atoms with Crippen LogP contribution in [0.2, 0.25) is 5.04 Å². The summed E-state index contributed by atoms with van der Waals surface area (Å²) in [6, 6.07) is 21.8. The van der Waals surface area contributed by atoms with Gasteiger partial charge in [-0.15, -0.1) is 0 Å². The number of aliphatic hydroxyl groups is 1. The number of benzene rings is 2. The molecule has 0 saturated heterocycles. The number of fused-ring (bicyclic) bond motifs is 2. The summed E-state index contributed by atoms with van der Waals surface area (Å²) in [4.78, 5) is 0. The summed E-state index contributed by atoms with van der Waals surface area (Å²) in [5.74, 6) is 0.944. The highest BCUT2D eigenvalue weighted by molar-refractivity contribution is 6.99. The Balaban J connectivity index is 1.81. The lowest BCUT2D eigenvalue weighted by atomic mass is 9.95. The molecular weight excluding hydrogens is 336 g/mol. The van der Waals surface area contributed by atoms with E-state index >= 15 is 0 Å². The summed E-state index contributed by atoms with van der Waals surface area (Å²) in [5.41, 5.74) is 0. The summed E-state index contributed by atoms with van der Waals surface area (Å²) in [7, 11) is -2.46. The normalized spacial score (nSPS) is 28.5. The van der Waals surface area contributed by atoms with Crippen molar-refractivity contribution < 1.29 is 9.53 Å². The van der Waals surface area contributed by atoms with E-state index < -0.39 is 8.32 Å². The third kappa shape index (κ3) is 2.86. The predicted molar refractivity (Wildman–Crippen MR) is 109 cm³/mol. The molecule has 3 heteroatoms. The molecule has 2 aliphatic carbocycles. The highest BCUT2D eigenvalue weighted by Gasteiger charge is 2.55. The zero-order chi connectivity index (χ0) is 18.4. The second kappa shape index (κ2) is 6.63. The van der Waals surface area contributed by atoms with Crippen molar-refractivity contribution in [2.75, 3.05) is 0 Å². The van der Waals surface area contributed by atoms with Gasteiger partial charge in [0.25, 0.3) is 8.32 Å². The topological polar surface area (TPSA) is 29.5 Å². The van der Waals surface area contributed by atoms with Crippen LogP contribution in [-0.2, 0) is 4.43 Å². The van der Waals surface area contributed by atoms with Gasteiger partial charge in [0.1, 0.15) is 0 Å². The molecule has 0 aromatic heterocycles. The van der Waals surface area contributed by atoms with Crippen molar-refractivity contribution in [2.45, 2.75) is 57.3 Å². The fraction of sp³-hybridized carbons (Fsp3) is 0.478. The quantitative estimate of drug-likeness (QED) is 0.836. The Labute approximate surface area is 158 Å². The van der Waals surface area contributed by atoms with Crippen LogP contribution in [0.25, 0.3) is 0 Å². The van der Waals surface area contributed by atoms with E-state index in [-0.39, 0.29) is 17.2 Å². The summed E-state index contributed by atoms with van der Waals surface area (Å²) in [6.07, 6.45) is 3.21. The molecule has 0 amide bonds. The van der Waals surface area contributed by atoms with E-state index in [4.69, 9.17) is 4.43 Å². The lowest BCUT2D eigenvalue weighted by molar-refractivity contribution is 0.0523. The monoisotopic (exact) mass is 366 g/mol. The number of aliphatic hydroxyl groups excluding tert-OH is 1. The highest BCUT2D eigenvalue weighted by Crippen LogP contribution is 2.49. The van der Waals surface area contributed by atoms with Crippen LogP contribution >= 0.6 is 0 Å². The Morgan fingerprint density at radius 1 is 0.808 bits per heavy atom. The largest absolute Gasteiger partial charge is 0.404 e. The first-order valence-electron chi connectivity index (χ1n) is 9.89. The molecule has 2 saturated carbocycles. The zero-order valence-corrected chi connectivity index (χ0v) is 17.1. The molecule has 2 aromatic rings. The fourth-order valence-corrected chi connectivity index (χ4v) is 10.0. The van der Waals surface area contributed by atoms with E-state index in [1.807, 2.05) is 0 Å². The second-order valence-electron chi connectivity index (χ2n) is 9.11. The fourth-order valence-electron chi connectivity index (χ4n) is 5.26. The van der Waals surface area contributed by atoms with E-state index in [0.717, 1.165) is 19.3 Å². The Morgan fingerprint density at radius 3 is 1.73 bits per heavy atom. The van der Waals surface area contributed by atoms with Crippen LogP contribution in [0.5, 0.6) is 0 Å². The standard InChI is InChI=1S/C23H30O2Si/c1-23(2,3)26(19-10-6-4-7-11-19,20-12-8-5-9-13-20)25-22-16-17-14-18(22)15-21(17)24/h4-13,17-18,21-22,24H,14-16H2,1-3H3/t17-,18-,21+,22+/m1/s1. The molecule has 2 aliphatic rings. The maximum Gasteiger partial charge on any atom is 0.261 e. The van der Waals surface area contributed by atoms with E-state index in [1.165, 1.54) is 10.4 Å². The Morgan fingerprint density at radius 2 is 1.35 bits per heavy atom. The first-order chi connectivity index (χ1) is 12.4. The van der Waals surface area contributed by atoms with Crippen LogP contribution in [0.4, 0.5) is 0 Å². The molecule has 0 radical (unpaired) electrons. The van der Waals surface area contributed by atoms with Crippen LogP contribution in [0.15, 0.2) is 60.7 Å². The molecule has 4 atom stereocenters. The minimum atomic E-state index is -2.46. The van der Waals surface area contributed by atoms with E-state index in [0.29, 0.717) is 11.8 Å². The van der Waals surface area contributed by atoms with Gasteiger partial charge in [-0.25, -0.2) is 0 Å². The van der Waals surface area contributed by atoms with E-state index in [2.05, 4.69) is 81.4 Å². The molecule has 138 valence electrons. The highest BCUT2D eigenvalue weighted by atomic mass is 28.4. The van der Waals surface area contributed by atoms with Crippen molar-refractivity contribution >= 4 is 18.7 Å². The molecule has 4 rings (SSSR count). The lowest BCUT2D eigenvalue weighted by Crippen LogP contribution is -2.68. The van der Waals surface area contributed by atoms with Crippen molar-refractivity contribution in [1.29, 1.82) is 0 Å². The summed E-state index contributed by atoms with van der Waals surface area (Å²) in [5, 5.41) is 12.9. The molecular formula is C23H30O2Si. The van der Waals surface area contributed by atoms with Crippen molar-refractivity contribution in [3.8, 4) is 0 Å². The van der Waals surface area contributed by atoms with Gasteiger partial charge in [-0.2, -0.15) is 0 Å². The maximum absolute atomic E-state index is 10.2. The van der Waals surface area contributed by atoms with Crippen molar-refractivity contribution in [1.82, 2.24) is 0 Å². The molecule has 2 nitrogen and oxygen atoms in total. The molecule has 26 heavy (non-hydrogen) atoms. The molecule has 2 aromatic carbocycles. The minimum Gasteiger partial charge on any atom is -0.404 e. The van der Waals surface area contributed by atoms with Gasteiger partial charge in [-0.3, -0.25) is 0 Å². The van der Waals surface area contributed by atoms with Crippen LogP contribution < -0.4 is 10.4 Å². The van der Waals surface area contributed by atoms with Gasteiger partial charge in [0.2, 0.25) is 0 Å². The predicted octanol–water partition coefficient (Wildman–Crippen LogP) is 3.72. The molecule has 0 unspecified atom stereocenters. The summed E-state index contributed by atoms with van der Waals surface area (Å²) >= 11 is 0. The zero-order valence-electron chi connectivity index (χ0n) is 16.1. The van der Waals surface area contributed by atoms with Gasteiger partial charge in [-0.05, 0) is 46.5 Å². The summed E-state index contributed by atoms with van der Waals surface area (Å²) in [6.45, 7) is 7.00. The Kier molecular flexibility index (Phi) is 4.58. The van der Waals surface area contributed by atoms with E-state index in [9.17, 15) is 5.11 Å². The van der Waals surface area contributed by atoms with Crippen molar-refractivity contribution in [3.05, 3.63) is 60.7 Å². The Bertz CT molecular complexity index is 696. The third-order valence-electron chi connectivity index (χ3n) is 6.50. The van der Waals surface area contributed by atoms with Gasteiger partial charge >= 0.3 is 0 Å². The van der Waals surface area contributed by atoms with Gasteiger partial charge in [0, 0.05) is 6.10 Å². The van der Waals surface area contributed by atoms with Crippen LogP contribution in [0.1, 0.15) is 40.0 Å². The third-order valence-corrected chi connectivity index (χ3v) is 11.6. The van der Waals surface area contributed by atoms with Gasteiger partial charge in [-0.1, -0.05) is 81.4 Å². The smallest absolute Gasteiger partial charge is 0.261 e. The molecule has 2 fully saturated rings. The van der Waals surface area contributed by atoms with Crippen LogP contribution in [0, 0.1) is 11.8 Å². The maximum atomic E-state index is 10.2. The molecule has 0 aliphatic heterocycles. The van der Waals surface area contributed by atoms with Crippen molar-refractivity contribution in [3.63, 3.8) is 0 Å². The minimum absolute atomic E-state index is 0.0240. The van der Waals surface area contributed by atoms with Crippen LogP contribution in [0.3, 0.4) is 0 Å². The molecule has 0 heterocycles. The number of hydrogen-bond acceptors (Lipinski definition) is 2. The lowest BCUT2D eigenvalue weighted by Gasteiger charge is -2.46. The number of rotatable bonds is 4. The molecule has 0 spiro atoms. The molecule has 2 bridgehead atoms. The van der Waals surface area contributed by atoms with Gasteiger partial charge in [0.15, 0.2) is 0 Å². The van der Waals surface area contributed by atoms with Gasteiger partial charge < -0.3 is 9.53 Å². The average Bonchev–Trinajstić information content (AvgIpc) is 3.19.